The molecule has 4 heteroatoms. The second-order valence-electron chi connectivity index (χ2n) is 3.02. The highest BCUT2D eigenvalue weighted by Gasteiger charge is 2.26. The molecule has 0 spiro atoms. The molecule has 1 saturated carbocycles. The van der Waals surface area contributed by atoms with E-state index in [1.54, 1.807) is 11.9 Å². The number of esters is 1. The summed E-state index contributed by atoms with van der Waals surface area (Å²) in [5.41, 5.74) is 0. The average Bonchev–Trinajstić information content (AvgIpc) is 2.83. The molecule has 0 amide bonds. The van der Waals surface area contributed by atoms with E-state index in [0.29, 0.717) is 25.6 Å². The van der Waals surface area contributed by atoms with E-state index < -0.39 is 0 Å². The first-order valence-corrected chi connectivity index (χ1v) is 4.41. The molecule has 0 bridgehead atoms. The van der Waals surface area contributed by atoms with Crippen LogP contribution in [0.4, 0.5) is 0 Å². The third-order valence-corrected chi connectivity index (χ3v) is 1.90. The lowest BCUT2D eigenvalue weighted by Crippen LogP contribution is -2.35. The lowest BCUT2D eigenvalue weighted by molar-refractivity contribution is -0.143. The summed E-state index contributed by atoms with van der Waals surface area (Å²) >= 11 is 0. The average molecular weight is 172 g/mol. The minimum Gasteiger partial charge on any atom is -0.466 e. The molecule has 0 unspecified atom stereocenters. The molecule has 0 radical (unpaired) electrons. The van der Waals surface area contributed by atoms with E-state index in [1.807, 2.05) is 0 Å². The Bertz CT molecular complexity index is 157. The summed E-state index contributed by atoms with van der Waals surface area (Å²) in [6.45, 7) is 2.87. The molecule has 0 aromatic carbocycles. The third-order valence-electron chi connectivity index (χ3n) is 1.90. The molecule has 0 aromatic heterocycles. The van der Waals surface area contributed by atoms with Gasteiger partial charge in [0, 0.05) is 12.6 Å². The Morgan fingerprint density at radius 1 is 1.67 bits per heavy atom. The zero-order chi connectivity index (χ0) is 8.97. The quantitative estimate of drug-likeness (QED) is 0.367. The minimum atomic E-state index is -0.159. The van der Waals surface area contributed by atoms with E-state index in [4.69, 9.17) is 10.6 Å². The topological polar surface area (TPSA) is 55.6 Å². The highest BCUT2D eigenvalue weighted by molar-refractivity contribution is 5.69. The molecule has 0 saturated heterocycles. The van der Waals surface area contributed by atoms with Gasteiger partial charge in [0.1, 0.15) is 0 Å². The van der Waals surface area contributed by atoms with Gasteiger partial charge in [-0.2, -0.15) is 0 Å². The largest absolute Gasteiger partial charge is 0.466 e. The van der Waals surface area contributed by atoms with Gasteiger partial charge in [0.05, 0.1) is 13.0 Å². The van der Waals surface area contributed by atoms with Crippen LogP contribution in [0.3, 0.4) is 0 Å². The number of hydrazine groups is 1. The van der Waals surface area contributed by atoms with Crippen LogP contribution < -0.4 is 5.84 Å². The van der Waals surface area contributed by atoms with Crippen LogP contribution in [0.5, 0.6) is 0 Å². The standard InChI is InChI=1S/C8H16N2O2/c1-2-12-8(11)5-6-10(9)7-3-4-7/h7H,2-6,9H2,1H3. The molecule has 0 heterocycles. The number of hydrogen-bond acceptors (Lipinski definition) is 4. The second kappa shape index (κ2) is 4.42. The number of hydrogen-bond donors (Lipinski definition) is 1. The maximum Gasteiger partial charge on any atom is 0.307 e. The van der Waals surface area contributed by atoms with E-state index in [2.05, 4.69) is 0 Å². The molecule has 1 rings (SSSR count). The maximum absolute atomic E-state index is 10.9. The molecule has 4 nitrogen and oxygen atoms in total. The fourth-order valence-corrected chi connectivity index (χ4v) is 1.04. The molecule has 70 valence electrons. The lowest BCUT2D eigenvalue weighted by Gasteiger charge is -2.13. The fourth-order valence-electron chi connectivity index (χ4n) is 1.04. The van der Waals surface area contributed by atoms with Gasteiger partial charge in [-0.05, 0) is 19.8 Å². The fraction of sp³-hybridized carbons (Fsp3) is 0.875. The van der Waals surface area contributed by atoms with Gasteiger partial charge < -0.3 is 4.74 Å². The molecule has 0 aromatic rings. The predicted molar refractivity (Wildman–Crippen MR) is 45.2 cm³/mol. The molecular weight excluding hydrogens is 156 g/mol. The first-order chi connectivity index (χ1) is 5.74. The van der Waals surface area contributed by atoms with Crippen molar-refractivity contribution in [3.63, 3.8) is 0 Å². The van der Waals surface area contributed by atoms with Gasteiger partial charge in [-0.15, -0.1) is 0 Å². The van der Waals surface area contributed by atoms with Crippen molar-refractivity contribution >= 4 is 5.97 Å². The monoisotopic (exact) mass is 172 g/mol. The smallest absolute Gasteiger partial charge is 0.307 e. The summed E-state index contributed by atoms with van der Waals surface area (Å²) in [6, 6.07) is 0.513. The van der Waals surface area contributed by atoms with Crippen molar-refractivity contribution in [2.75, 3.05) is 13.2 Å². The highest BCUT2D eigenvalue weighted by atomic mass is 16.5. The summed E-state index contributed by atoms with van der Waals surface area (Å²) in [5, 5.41) is 1.73. The Kier molecular flexibility index (Phi) is 3.49. The SMILES string of the molecule is CCOC(=O)CCN(N)C1CC1. The van der Waals surface area contributed by atoms with E-state index in [1.165, 1.54) is 12.8 Å². The van der Waals surface area contributed by atoms with Crippen LogP contribution in [0.2, 0.25) is 0 Å². The zero-order valence-electron chi connectivity index (χ0n) is 7.45. The van der Waals surface area contributed by atoms with E-state index in [9.17, 15) is 4.79 Å². The van der Waals surface area contributed by atoms with Crippen molar-refractivity contribution in [2.45, 2.75) is 32.2 Å². The summed E-state index contributed by atoms with van der Waals surface area (Å²) in [4.78, 5) is 10.9. The summed E-state index contributed by atoms with van der Waals surface area (Å²) in [6.07, 6.45) is 2.74. The first-order valence-electron chi connectivity index (χ1n) is 4.41. The van der Waals surface area contributed by atoms with Crippen LogP contribution in [0.25, 0.3) is 0 Å². The van der Waals surface area contributed by atoms with Crippen LogP contribution >= 0.6 is 0 Å². The van der Waals surface area contributed by atoms with Crippen LogP contribution in [0.15, 0.2) is 0 Å². The Balaban J connectivity index is 2.03. The molecule has 1 aliphatic rings. The third kappa shape index (κ3) is 3.19. The number of carbonyl (C=O) groups excluding carboxylic acids is 1. The molecule has 2 N–H and O–H groups in total. The number of nitrogens with zero attached hydrogens (tertiary/aromatic N) is 1. The van der Waals surface area contributed by atoms with Gasteiger partial charge in [-0.25, -0.2) is 5.01 Å². The number of carbonyl (C=O) groups is 1. The molecule has 0 aliphatic heterocycles. The number of rotatable bonds is 5. The summed E-state index contributed by atoms with van der Waals surface area (Å²) in [7, 11) is 0. The molecule has 12 heavy (non-hydrogen) atoms. The van der Waals surface area contributed by atoms with Crippen molar-refractivity contribution in [1.29, 1.82) is 0 Å². The summed E-state index contributed by atoms with van der Waals surface area (Å²) in [5.74, 6) is 5.49. The Morgan fingerprint density at radius 2 is 2.33 bits per heavy atom. The number of ether oxygens (including phenoxy) is 1. The van der Waals surface area contributed by atoms with Gasteiger partial charge in [-0.1, -0.05) is 0 Å². The maximum atomic E-state index is 10.9. The normalized spacial score (nSPS) is 16.6. The van der Waals surface area contributed by atoms with E-state index in [-0.39, 0.29) is 5.97 Å². The zero-order valence-corrected chi connectivity index (χ0v) is 7.45. The van der Waals surface area contributed by atoms with Gasteiger partial charge in [0.2, 0.25) is 0 Å². The van der Waals surface area contributed by atoms with Gasteiger partial charge in [-0.3, -0.25) is 10.6 Å². The van der Waals surface area contributed by atoms with Crippen molar-refractivity contribution in [2.24, 2.45) is 5.84 Å². The molecular formula is C8H16N2O2. The van der Waals surface area contributed by atoms with Crippen LogP contribution in [0, 0.1) is 0 Å². The Hall–Kier alpha value is -0.610. The Morgan fingerprint density at radius 3 is 2.83 bits per heavy atom. The highest BCUT2D eigenvalue weighted by Crippen LogP contribution is 2.23. The van der Waals surface area contributed by atoms with Gasteiger partial charge in [0.15, 0.2) is 0 Å². The van der Waals surface area contributed by atoms with Crippen molar-refractivity contribution in [3.05, 3.63) is 0 Å². The lowest BCUT2D eigenvalue weighted by atomic mass is 10.4. The minimum absolute atomic E-state index is 0.159. The van der Waals surface area contributed by atoms with Crippen molar-refractivity contribution in [3.8, 4) is 0 Å². The predicted octanol–water partition coefficient (Wildman–Crippen LogP) is 0.278. The number of nitrogens with two attached hydrogens (primary N) is 1. The van der Waals surface area contributed by atoms with E-state index in [0.717, 1.165) is 0 Å². The van der Waals surface area contributed by atoms with Crippen LogP contribution in [-0.4, -0.2) is 30.2 Å². The van der Waals surface area contributed by atoms with Gasteiger partial charge >= 0.3 is 5.97 Å². The first kappa shape index (κ1) is 9.48. The Labute approximate surface area is 72.6 Å². The van der Waals surface area contributed by atoms with E-state index >= 15 is 0 Å². The summed E-state index contributed by atoms with van der Waals surface area (Å²) < 4.78 is 4.77. The van der Waals surface area contributed by atoms with Gasteiger partial charge in [0.25, 0.3) is 0 Å². The second-order valence-corrected chi connectivity index (χ2v) is 3.02. The van der Waals surface area contributed by atoms with Crippen molar-refractivity contribution in [1.82, 2.24) is 5.01 Å². The molecule has 1 fully saturated rings. The van der Waals surface area contributed by atoms with Crippen LogP contribution in [-0.2, 0) is 9.53 Å². The molecule has 0 atom stereocenters. The van der Waals surface area contributed by atoms with Crippen LogP contribution in [0.1, 0.15) is 26.2 Å². The molecule has 1 aliphatic carbocycles. The van der Waals surface area contributed by atoms with Crippen molar-refractivity contribution < 1.29 is 9.53 Å².